The summed E-state index contributed by atoms with van der Waals surface area (Å²) in [5.74, 6) is 0.639. The Balaban J connectivity index is 2.42. The fourth-order valence-electron chi connectivity index (χ4n) is 2.31. The number of aromatic nitrogens is 2. The molecule has 2 heterocycles. The number of hydrogen-bond acceptors (Lipinski definition) is 5. The molecule has 0 bridgehead atoms. The van der Waals surface area contributed by atoms with Gasteiger partial charge in [0.05, 0.1) is 15.9 Å². The Hall–Kier alpha value is -0.0200. The highest BCUT2D eigenvalue weighted by Crippen LogP contribution is 2.35. The molecule has 0 radical (unpaired) electrons. The highest BCUT2D eigenvalue weighted by Gasteiger charge is 2.39. The molecule has 0 amide bonds. The summed E-state index contributed by atoms with van der Waals surface area (Å²) in [6.07, 6.45) is 1.48. The summed E-state index contributed by atoms with van der Waals surface area (Å²) in [7, 11) is 1.64. The summed E-state index contributed by atoms with van der Waals surface area (Å²) in [5.41, 5.74) is 0.303. The van der Waals surface area contributed by atoms with E-state index in [4.69, 9.17) is 25.8 Å². The number of nitrogens with zero attached hydrogens (tertiary/aromatic N) is 2. The van der Waals surface area contributed by atoms with E-state index < -0.39 is 5.60 Å². The third kappa shape index (κ3) is 3.41. The molecule has 1 aliphatic rings. The Bertz CT molecular complexity index is 462. The van der Waals surface area contributed by atoms with Crippen molar-refractivity contribution in [2.45, 2.75) is 32.0 Å². The summed E-state index contributed by atoms with van der Waals surface area (Å²) in [6, 6.07) is 0. The van der Waals surface area contributed by atoms with Crippen molar-refractivity contribution in [3.05, 3.63) is 20.2 Å². The topological polar surface area (TPSA) is 53.5 Å². The number of rotatable bonds is 5. The van der Waals surface area contributed by atoms with Gasteiger partial charge in [-0.15, -0.1) is 0 Å². The zero-order valence-corrected chi connectivity index (χ0v) is 14.5. The van der Waals surface area contributed by atoms with E-state index in [2.05, 4.69) is 32.6 Å². The Morgan fingerprint density at radius 2 is 2.05 bits per heavy atom. The molecule has 0 spiro atoms. The molecule has 1 aromatic heterocycles. The Morgan fingerprint density at radius 1 is 1.35 bits per heavy atom. The van der Waals surface area contributed by atoms with Crippen LogP contribution in [0.5, 0.6) is 0 Å². The predicted molar refractivity (Wildman–Crippen MR) is 83.8 cm³/mol. The van der Waals surface area contributed by atoms with Gasteiger partial charge < -0.3 is 14.2 Å². The van der Waals surface area contributed by atoms with E-state index in [9.17, 15) is 0 Å². The molecule has 20 heavy (non-hydrogen) atoms. The number of halogens is 2. The van der Waals surface area contributed by atoms with Crippen molar-refractivity contribution in [3.63, 3.8) is 0 Å². The van der Waals surface area contributed by atoms with Gasteiger partial charge in [0, 0.05) is 39.8 Å². The second-order valence-corrected chi connectivity index (χ2v) is 6.01. The summed E-state index contributed by atoms with van der Waals surface area (Å²) < 4.78 is 17.4. The standard InChI is InChI=1S/C13H18ClIN2O3/c1-3-20-13(4-6-19-7-5-13)12-16-9(8-18-2)10(15)11(14)17-12/h3-8H2,1-2H3. The van der Waals surface area contributed by atoms with Gasteiger partial charge in [0.2, 0.25) is 0 Å². The normalized spacial score (nSPS) is 18.2. The molecule has 1 aliphatic heterocycles. The number of ether oxygens (including phenoxy) is 3. The lowest BCUT2D eigenvalue weighted by Crippen LogP contribution is -2.38. The minimum Gasteiger partial charge on any atom is -0.381 e. The lowest BCUT2D eigenvalue weighted by Gasteiger charge is -2.35. The summed E-state index contributed by atoms with van der Waals surface area (Å²) in [5, 5.41) is 0.452. The minimum atomic E-state index is -0.497. The van der Waals surface area contributed by atoms with Crippen molar-refractivity contribution < 1.29 is 14.2 Å². The van der Waals surface area contributed by atoms with E-state index in [0.29, 0.717) is 37.4 Å². The lowest BCUT2D eigenvalue weighted by atomic mass is 9.93. The van der Waals surface area contributed by atoms with Gasteiger partial charge in [-0.25, -0.2) is 9.97 Å². The Labute approximate surface area is 137 Å². The van der Waals surface area contributed by atoms with Crippen molar-refractivity contribution in [1.82, 2.24) is 9.97 Å². The average Bonchev–Trinajstić information content (AvgIpc) is 2.45. The molecule has 0 N–H and O–H groups in total. The van der Waals surface area contributed by atoms with Gasteiger partial charge >= 0.3 is 0 Å². The molecule has 0 unspecified atom stereocenters. The Morgan fingerprint density at radius 3 is 2.65 bits per heavy atom. The summed E-state index contributed by atoms with van der Waals surface area (Å²) >= 11 is 8.37. The predicted octanol–water partition coefficient (Wildman–Crippen LogP) is 2.92. The van der Waals surface area contributed by atoms with E-state index in [-0.39, 0.29) is 0 Å². The minimum absolute atomic E-state index is 0.409. The zero-order valence-electron chi connectivity index (χ0n) is 11.6. The molecule has 1 aromatic rings. The third-order valence-corrected chi connectivity index (χ3v) is 5.01. The largest absolute Gasteiger partial charge is 0.381 e. The number of methoxy groups -OCH3 is 1. The molecule has 0 aromatic carbocycles. The molecule has 7 heteroatoms. The van der Waals surface area contributed by atoms with E-state index in [0.717, 1.165) is 22.1 Å². The first-order valence-corrected chi connectivity index (χ1v) is 8.01. The molecule has 0 atom stereocenters. The molecule has 0 aliphatic carbocycles. The van der Waals surface area contributed by atoms with Gasteiger partial charge in [-0.1, -0.05) is 11.6 Å². The van der Waals surface area contributed by atoms with Crippen LogP contribution in [0.3, 0.4) is 0 Å². The highest BCUT2D eigenvalue weighted by atomic mass is 127. The highest BCUT2D eigenvalue weighted by molar-refractivity contribution is 14.1. The van der Waals surface area contributed by atoms with Gasteiger partial charge in [-0.2, -0.15) is 0 Å². The van der Waals surface area contributed by atoms with Crippen LogP contribution in [0.4, 0.5) is 0 Å². The van der Waals surface area contributed by atoms with Crippen LogP contribution in [0.25, 0.3) is 0 Å². The molecular weight excluding hydrogens is 395 g/mol. The quantitative estimate of drug-likeness (QED) is 0.550. The fourth-order valence-corrected chi connectivity index (χ4v) is 2.90. The lowest BCUT2D eigenvalue weighted by molar-refractivity contribution is -0.118. The van der Waals surface area contributed by atoms with Crippen molar-refractivity contribution in [1.29, 1.82) is 0 Å². The van der Waals surface area contributed by atoms with Crippen LogP contribution in [0.15, 0.2) is 0 Å². The maximum absolute atomic E-state index is 6.24. The molecule has 1 saturated heterocycles. The van der Waals surface area contributed by atoms with Crippen molar-refractivity contribution in [2.75, 3.05) is 26.9 Å². The zero-order chi connectivity index (χ0) is 14.6. The molecule has 112 valence electrons. The SMILES string of the molecule is CCOC1(c2nc(Cl)c(I)c(COC)n2)CCOCC1. The maximum Gasteiger partial charge on any atom is 0.162 e. The van der Waals surface area contributed by atoms with Crippen LogP contribution in [0.2, 0.25) is 5.15 Å². The molecule has 1 fully saturated rings. The summed E-state index contributed by atoms with van der Waals surface area (Å²) in [4.78, 5) is 9.07. The van der Waals surface area contributed by atoms with Crippen molar-refractivity contribution in [3.8, 4) is 0 Å². The third-order valence-electron chi connectivity index (χ3n) is 3.29. The second-order valence-electron chi connectivity index (χ2n) is 4.57. The second kappa shape index (κ2) is 7.31. The molecular formula is C13H18ClIN2O3. The average molecular weight is 413 g/mol. The van der Waals surface area contributed by atoms with Gasteiger partial charge in [-0.05, 0) is 29.5 Å². The number of hydrogen-bond donors (Lipinski definition) is 0. The van der Waals surface area contributed by atoms with Gasteiger partial charge in [-0.3, -0.25) is 0 Å². The van der Waals surface area contributed by atoms with Crippen molar-refractivity contribution in [2.24, 2.45) is 0 Å². The smallest absolute Gasteiger partial charge is 0.162 e. The van der Waals surface area contributed by atoms with Crippen LogP contribution in [-0.2, 0) is 26.4 Å². The van der Waals surface area contributed by atoms with Crippen LogP contribution < -0.4 is 0 Å². The van der Waals surface area contributed by atoms with E-state index >= 15 is 0 Å². The molecule has 5 nitrogen and oxygen atoms in total. The Kier molecular flexibility index (Phi) is 5.97. The maximum atomic E-state index is 6.24. The summed E-state index contributed by atoms with van der Waals surface area (Å²) in [6.45, 7) is 4.28. The van der Waals surface area contributed by atoms with E-state index in [1.807, 2.05) is 6.92 Å². The van der Waals surface area contributed by atoms with Crippen LogP contribution in [0.1, 0.15) is 31.3 Å². The monoisotopic (exact) mass is 412 g/mol. The fraction of sp³-hybridized carbons (Fsp3) is 0.692. The van der Waals surface area contributed by atoms with Crippen LogP contribution in [0, 0.1) is 3.57 Å². The van der Waals surface area contributed by atoms with Crippen molar-refractivity contribution >= 4 is 34.2 Å². The van der Waals surface area contributed by atoms with Crippen LogP contribution >= 0.6 is 34.2 Å². The van der Waals surface area contributed by atoms with Gasteiger partial charge in [0.1, 0.15) is 10.8 Å². The molecule has 0 saturated carbocycles. The molecule has 2 rings (SSSR count). The first-order valence-electron chi connectivity index (χ1n) is 6.56. The van der Waals surface area contributed by atoms with E-state index in [1.54, 1.807) is 7.11 Å². The van der Waals surface area contributed by atoms with E-state index in [1.165, 1.54) is 0 Å². The first-order chi connectivity index (χ1) is 9.63. The van der Waals surface area contributed by atoms with Gasteiger partial charge in [0.25, 0.3) is 0 Å². The first kappa shape index (κ1) is 16.4. The van der Waals surface area contributed by atoms with Crippen LogP contribution in [-0.4, -0.2) is 36.9 Å². The van der Waals surface area contributed by atoms with Gasteiger partial charge in [0.15, 0.2) is 5.82 Å².